The molecule has 0 saturated carbocycles. The third-order valence-electron chi connectivity index (χ3n) is 0.653. The lowest BCUT2D eigenvalue weighted by atomic mass is 10.7. The molecule has 0 unspecified atom stereocenters. The molecule has 0 aliphatic rings. The van der Waals surface area contributed by atoms with E-state index in [1.807, 2.05) is 0 Å². The molecule has 10 nitrogen and oxygen atoms in total. The Morgan fingerprint density at radius 2 is 1.69 bits per heavy atom. The third kappa shape index (κ3) is 6.77. The number of hydrogen-bond donors (Lipinski definition) is 6. The lowest BCUT2D eigenvalue weighted by Crippen LogP contribution is -2.70. The summed E-state index contributed by atoms with van der Waals surface area (Å²) in [6.45, 7) is 0. The van der Waals surface area contributed by atoms with Gasteiger partial charge in [-0.2, -0.15) is 5.90 Å². The maximum absolute atomic E-state index is 10.6. The molecule has 0 heterocycles. The van der Waals surface area contributed by atoms with Crippen LogP contribution in [0.25, 0.3) is 0 Å². The topological polar surface area (TPSA) is 181 Å². The largest absolute Gasteiger partial charge is 0.459 e. The summed E-state index contributed by atoms with van der Waals surface area (Å²) in [5, 5.41) is 1.76. The standard InChI is InChI=1S/C3H10N6O4/c4-3(5,6)8-1(10)13-9-2(11)12-7/h4-7H2,(H,8,10)(H,9,11). The Kier molecular flexibility index (Phi) is 3.87. The van der Waals surface area contributed by atoms with Gasteiger partial charge in [0.2, 0.25) is 0 Å². The third-order valence-corrected chi connectivity index (χ3v) is 0.653. The van der Waals surface area contributed by atoms with Crippen molar-refractivity contribution in [1.29, 1.82) is 0 Å². The van der Waals surface area contributed by atoms with Crippen molar-refractivity contribution in [3.8, 4) is 0 Å². The number of carbonyl (C=O) groups is 2. The van der Waals surface area contributed by atoms with Gasteiger partial charge in [0.15, 0.2) is 5.91 Å². The fraction of sp³-hybridized carbons (Fsp3) is 0.333. The molecular weight excluding hydrogens is 184 g/mol. The van der Waals surface area contributed by atoms with Gasteiger partial charge in [-0.15, -0.1) is 5.48 Å². The van der Waals surface area contributed by atoms with Crippen LogP contribution in [0.5, 0.6) is 0 Å². The van der Waals surface area contributed by atoms with Gasteiger partial charge in [0.05, 0.1) is 0 Å². The van der Waals surface area contributed by atoms with E-state index < -0.39 is 18.1 Å². The molecule has 0 fully saturated rings. The minimum atomic E-state index is -1.94. The van der Waals surface area contributed by atoms with Gasteiger partial charge >= 0.3 is 12.2 Å². The normalized spacial score (nSPS) is 10.2. The van der Waals surface area contributed by atoms with Crippen LogP contribution in [0, 0.1) is 0 Å². The van der Waals surface area contributed by atoms with Gasteiger partial charge in [-0.25, -0.2) is 9.59 Å². The fourth-order valence-corrected chi connectivity index (χ4v) is 0.314. The predicted octanol–water partition coefficient (Wildman–Crippen LogP) is -3.29. The number of nitrogens with two attached hydrogens (primary N) is 4. The smallest absolute Gasteiger partial charge is 0.355 e. The Morgan fingerprint density at radius 3 is 2.08 bits per heavy atom. The summed E-state index contributed by atoms with van der Waals surface area (Å²) < 4.78 is 0. The monoisotopic (exact) mass is 194 g/mol. The first-order valence-corrected chi connectivity index (χ1v) is 2.87. The second kappa shape index (κ2) is 4.42. The highest BCUT2D eigenvalue weighted by Crippen LogP contribution is 1.76. The summed E-state index contributed by atoms with van der Waals surface area (Å²) in [6, 6.07) is 0. The molecule has 2 amide bonds. The first kappa shape index (κ1) is 11.4. The second-order valence-electron chi connectivity index (χ2n) is 1.95. The van der Waals surface area contributed by atoms with Crippen LogP contribution in [0.3, 0.4) is 0 Å². The molecule has 0 aromatic carbocycles. The van der Waals surface area contributed by atoms with Gasteiger partial charge in [-0.05, 0) is 0 Å². The highest BCUT2D eigenvalue weighted by Gasteiger charge is 2.17. The average Bonchev–Trinajstić information content (AvgIpc) is 1.97. The molecule has 10 N–H and O–H groups in total. The molecule has 0 saturated heterocycles. The van der Waals surface area contributed by atoms with Crippen LogP contribution in [-0.2, 0) is 9.68 Å². The summed E-state index contributed by atoms with van der Waals surface area (Å²) in [7, 11) is 0. The molecule has 76 valence electrons. The molecule has 10 heteroatoms. The first-order chi connectivity index (χ1) is 5.85. The molecule has 0 spiro atoms. The van der Waals surface area contributed by atoms with Crippen LogP contribution in [0.4, 0.5) is 9.59 Å². The van der Waals surface area contributed by atoms with E-state index in [2.05, 4.69) is 15.6 Å². The lowest BCUT2D eigenvalue weighted by molar-refractivity contribution is 0.0586. The first-order valence-electron chi connectivity index (χ1n) is 2.87. The lowest BCUT2D eigenvalue weighted by Gasteiger charge is -2.18. The zero-order chi connectivity index (χ0) is 10.5. The molecule has 0 bridgehead atoms. The average molecular weight is 194 g/mol. The van der Waals surface area contributed by atoms with Gasteiger partial charge in [0, 0.05) is 0 Å². The number of rotatable bonds is 1. The van der Waals surface area contributed by atoms with Crippen molar-refractivity contribution in [3.05, 3.63) is 0 Å². The van der Waals surface area contributed by atoms with Gasteiger partial charge in [-0.3, -0.25) is 22.5 Å². The SMILES string of the molecule is NOC(=O)NOC(=O)NC(N)(N)N. The van der Waals surface area contributed by atoms with Crippen molar-refractivity contribution in [2.24, 2.45) is 23.1 Å². The van der Waals surface area contributed by atoms with Crippen molar-refractivity contribution < 1.29 is 19.3 Å². The Hall–Kier alpha value is -1.62. The van der Waals surface area contributed by atoms with Crippen molar-refractivity contribution in [2.75, 3.05) is 0 Å². The van der Waals surface area contributed by atoms with Crippen molar-refractivity contribution in [1.82, 2.24) is 10.8 Å². The quantitative estimate of drug-likeness (QED) is 0.185. The van der Waals surface area contributed by atoms with E-state index in [-0.39, 0.29) is 0 Å². The zero-order valence-corrected chi connectivity index (χ0v) is 6.44. The van der Waals surface area contributed by atoms with Crippen LogP contribution in [0.2, 0.25) is 0 Å². The Morgan fingerprint density at radius 1 is 1.15 bits per heavy atom. The van der Waals surface area contributed by atoms with E-state index in [9.17, 15) is 9.59 Å². The summed E-state index contributed by atoms with van der Waals surface area (Å²) in [4.78, 5) is 28.4. The maximum Gasteiger partial charge on any atom is 0.459 e. The highest BCUT2D eigenvalue weighted by molar-refractivity contribution is 5.71. The summed E-state index contributed by atoms with van der Waals surface area (Å²) in [6.07, 6.45) is -2.34. The van der Waals surface area contributed by atoms with Crippen molar-refractivity contribution in [2.45, 2.75) is 5.91 Å². The van der Waals surface area contributed by atoms with Crippen LogP contribution in [-0.4, -0.2) is 18.1 Å². The summed E-state index contributed by atoms with van der Waals surface area (Å²) >= 11 is 0. The number of hydroxylamine groups is 1. The van der Waals surface area contributed by atoms with Gasteiger partial charge in [0.1, 0.15) is 0 Å². The molecule has 13 heavy (non-hydrogen) atoms. The summed E-state index contributed by atoms with van der Waals surface area (Å²) in [5.41, 5.74) is 16.3. The minimum absolute atomic E-state index is 1.17. The van der Waals surface area contributed by atoms with Gasteiger partial charge < -0.3 is 9.68 Å². The van der Waals surface area contributed by atoms with E-state index in [1.54, 1.807) is 5.32 Å². The predicted molar refractivity (Wildman–Crippen MR) is 38.7 cm³/mol. The number of nitrogens with one attached hydrogen (secondary N) is 2. The number of carbonyl (C=O) groups excluding carboxylic acids is 2. The molecule has 0 aromatic heterocycles. The van der Waals surface area contributed by atoms with Gasteiger partial charge in [0.25, 0.3) is 0 Å². The van der Waals surface area contributed by atoms with E-state index in [1.165, 1.54) is 5.48 Å². The molecule has 0 radical (unpaired) electrons. The van der Waals surface area contributed by atoms with E-state index in [0.717, 1.165) is 0 Å². The number of hydrogen-bond acceptors (Lipinski definition) is 8. The van der Waals surface area contributed by atoms with E-state index >= 15 is 0 Å². The van der Waals surface area contributed by atoms with Crippen LogP contribution in [0.15, 0.2) is 0 Å². The maximum atomic E-state index is 10.6. The molecular formula is C3H10N6O4. The van der Waals surface area contributed by atoms with Crippen LogP contribution < -0.4 is 33.9 Å². The van der Waals surface area contributed by atoms with Crippen LogP contribution in [0.1, 0.15) is 0 Å². The second-order valence-corrected chi connectivity index (χ2v) is 1.95. The van der Waals surface area contributed by atoms with Crippen LogP contribution >= 0.6 is 0 Å². The minimum Gasteiger partial charge on any atom is -0.355 e. The molecule has 0 aliphatic carbocycles. The zero-order valence-electron chi connectivity index (χ0n) is 6.44. The molecule has 0 aliphatic heterocycles. The molecule has 0 atom stereocenters. The summed E-state index contributed by atoms with van der Waals surface area (Å²) in [5.74, 6) is 2.45. The van der Waals surface area contributed by atoms with Gasteiger partial charge in [-0.1, -0.05) is 0 Å². The van der Waals surface area contributed by atoms with Crippen molar-refractivity contribution >= 4 is 12.2 Å². The van der Waals surface area contributed by atoms with E-state index in [4.69, 9.17) is 17.2 Å². The Labute approximate surface area is 72.4 Å². The fourth-order valence-electron chi connectivity index (χ4n) is 0.314. The van der Waals surface area contributed by atoms with E-state index in [0.29, 0.717) is 0 Å². The Balaban J connectivity index is 3.71. The molecule has 0 rings (SSSR count). The molecule has 0 aromatic rings. The van der Waals surface area contributed by atoms with Crippen molar-refractivity contribution in [3.63, 3.8) is 0 Å². The highest BCUT2D eigenvalue weighted by atomic mass is 16.8. The Bertz CT molecular complexity index is 199. The number of amides is 2.